The highest BCUT2D eigenvalue weighted by atomic mass is 35.5. The molecule has 0 saturated carbocycles. The third-order valence-corrected chi connectivity index (χ3v) is 1.19. The Labute approximate surface area is 70.6 Å². The molecule has 0 aliphatic rings. The summed E-state index contributed by atoms with van der Waals surface area (Å²) >= 11 is 0. The van der Waals surface area contributed by atoms with Gasteiger partial charge in [-0.3, -0.25) is 0 Å². The van der Waals surface area contributed by atoms with E-state index in [4.69, 9.17) is 10.5 Å². The van der Waals surface area contributed by atoms with Crippen molar-refractivity contribution in [1.29, 1.82) is 5.26 Å². The molecule has 0 aliphatic carbocycles. The molecule has 0 aromatic heterocycles. The van der Waals surface area contributed by atoms with E-state index >= 15 is 0 Å². The van der Waals surface area contributed by atoms with Gasteiger partial charge < -0.3 is 12.4 Å². The van der Waals surface area contributed by atoms with Gasteiger partial charge in [0.25, 0.3) is 0 Å². The van der Waals surface area contributed by atoms with Crippen molar-refractivity contribution in [3.05, 3.63) is 29.8 Å². The van der Waals surface area contributed by atoms with Crippen LogP contribution in [0, 0.1) is 11.3 Å². The van der Waals surface area contributed by atoms with Crippen LogP contribution < -0.4 is 17.9 Å². The van der Waals surface area contributed by atoms with E-state index in [2.05, 4.69) is 0 Å². The van der Waals surface area contributed by atoms with Gasteiger partial charge in [0.15, 0.2) is 5.69 Å². The highest BCUT2D eigenvalue weighted by molar-refractivity contribution is 5.37. The number of halogens is 1. The number of quaternary nitrogens is 1. The van der Waals surface area contributed by atoms with E-state index < -0.39 is 0 Å². The summed E-state index contributed by atoms with van der Waals surface area (Å²) in [7, 11) is 0. The Morgan fingerprint density at radius 3 is 2.18 bits per heavy atom. The predicted octanol–water partition coefficient (Wildman–Crippen LogP) is -2.85. The zero-order valence-corrected chi connectivity index (χ0v) is 6.42. The number of hydrogen-bond donors (Lipinski definition) is 2. The number of benzene rings is 1. The number of nitrogens with zero attached hydrogens (tertiary/aromatic N) is 1. The predicted molar refractivity (Wildman–Crippen MR) is 34.5 cm³/mol. The standard InChI is InChI=1S/C7H6N2O.ClH/c8-5-6-1-3-7(9-10)4-2-6;/h1-4,9-10H;1H. The van der Waals surface area contributed by atoms with Crippen LogP contribution >= 0.6 is 0 Å². The number of hydrogen-bond acceptors (Lipinski definition) is 2. The Balaban J connectivity index is 0.000001000. The largest absolute Gasteiger partial charge is 1.00 e. The molecule has 4 heteroatoms. The van der Waals surface area contributed by atoms with Gasteiger partial charge in [-0.2, -0.15) is 10.7 Å². The fourth-order valence-electron chi connectivity index (χ4n) is 0.644. The molecule has 3 N–H and O–H groups in total. The SMILES string of the molecule is N#Cc1ccc([NH2+]O)cc1.[Cl-]. The number of rotatable bonds is 1. The lowest BCUT2D eigenvalue weighted by atomic mass is 10.2. The zero-order valence-electron chi connectivity index (χ0n) is 5.66. The lowest BCUT2D eigenvalue weighted by Crippen LogP contribution is -3.00. The van der Waals surface area contributed by atoms with Crippen LogP contribution in [0.2, 0.25) is 0 Å². The lowest BCUT2D eigenvalue weighted by molar-refractivity contribution is -0.825. The third kappa shape index (κ3) is 2.56. The zero-order chi connectivity index (χ0) is 7.40. The molecular formula is C7H7ClN2O. The van der Waals surface area contributed by atoms with E-state index in [0.717, 1.165) is 5.48 Å². The molecule has 0 unspecified atom stereocenters. The molecule has 0 saturated heterocycles. The molecule has 0 aliphatic heterocycles. The second kappa shape index (κ2) is 4.69. The molecule has 3 nitrogen and oxygen atoms in total. The van der Waals surface area contributed by atoms with Gasteiger partial charge >= 0.3 is 0 Å². The molecule has 0 radical (unpaired) electrons. The monoisotopic (exact) mass is 170 g/mol. The molecule has 0 atom stereocenters. The van der Waals surface area contributed by atoms with Crippen LogP contribution in [-0.4, -0.2) is 5.21 Å². The first-order chi connectivity index (χ1) is 4.86. The van der Waals surface area contributed by atoms with Gasteiger partial charge in [0.1, 0.15) is 0 Å². The van der Waals surface area contributed by atoms with Gasteiger partial charge in [-0.25, -0.2) is 5.21 Å². The van der Waals surface area contributed by atoms with Crippen molar-refractivity contribution >= 4 is 5.69 Å². The minimum Gasteiger partial charge on any atom is -1.00 e. The fourth-order valence-corrected chi connectivity index (χ4v) is 0.644. The first-order valence-corrected chi connectivity index (χ1v) is 2.84. The number of nitrogens with two attached hydrogens (primary N) is 1. The van der Waals surface area contributed by atoms with Crippen molar-refractivity contribution < 1.29 is 23.1 Å². The van der Waals surface area contributed by atoms with Crippen molar-refractivity contribution in [2.45, 2.75) is 0 Å². The summed E-state index contributed by atoms with van der Waals surface area (Å²) in [5, 5.41) is 16.9. The topological polar surface area (TPSA) is 60.6 Å². The maximum absolute atomic E-state index is 8.49. The minimum absolute atomic E-state index is 0. The first-order valence-electron chi connectivity index (χ1n) is 2.84. The Morgan fingerprint density at radius 1 is 1.27 bits per heavy atom. The van der Waals surface area contributed by atoms with E-state index in [1.54, 1.807) is 24.3 Å². The fraction of sp³-hybridized carbons (Fsp3) is 0. The minimum atomic E-state index is 0. The molecule has 1 aromatic carbocycles. The quantitative estimate of drug-likeness (QED) is 0.352. The van der Waals surface area contributed by atoms with E-state index in [1.807, 2.05) is 6.07 Å². The van der Waals surface area contributed by atoms with Gasteiger partial charge in [0.2, 0.25) is 0 Å². The normalized spacial score (nSPS) is 8.00. The van der Waals surface area contributed by atoms with Crippen LogP contribution in [0.1, 0.15) is 5.56 Å². The highest BCUT2D eigenvalue weighted by Crippen LogP contribution is 2.01. The molecule has 0 fully saturated rings. The van der Waals surface area contributed by atoms with Crippen molar-refractivity contribution in [2.75, 3.05) is 0 Å². The maximum Gasteiger partial charge on any atom is 0.161 e. The molecule has 1 aromatic rings. The summed E-state index contributed by atoms with van der Waals surface area (Å²) < 4.78 is 0. The van der Waals surface area contributed by atoms with E-state index in [1.165, 1.54) is 0 Å². The van der Waals surface area contributed by atoms with E-state index in [9.17, 15) is 0 Å². The Bertz CT molecular complexity index is 252. The Morgan fingerprint density at radius 2 is 1.82 bits per heavy atom. The molecule has 1 rings (SSSR count). The average molecular weight is 171 g/mol. The molecule has 0 amide bonds. The van der Waals surface area contributed by atoms with Gasteiger partial charge in [-0.15, -0.1) is 0 Å². The first kappa shape index (κ1) is 9.92. The van der Waals surface area contributed by atoms with Crippen LogP contribution in [0.5, 0.6) is 0 Å². The van der Waals surface area contributed by atoms with Gasteiger partial charge in [-0.1, -0.05) is 0 Å². The molecule has 58 valence electrons. The smallest absolute Gasteiger partial charge is 0.161 e. The third-order valence-electron chi connectivity index (χ3n) is 1.19. The summed E-state index contributed by atoms with van der Waals surface area (Å²) in [6, 6.07) is 8.65. The molecular weight excluding hydrogens is 164 g/mol. The number of nitriles is 1. The summed E-state index contributed by atoms with van der Waals surface area (Å²) in [5.74, 6) is 0. The summed E-state index contributed by atoms with van der Waals surface area (Å²) in [4.78, 5) is 0. The molecule has 0 bridgehead atoms. The summed E-state index contributed by atoms with van der Waals surface area (Å²) in [6.07, 6.45) is 0. The second-order valence-electron chi connectivity index (χ2n) is 1.86. The van der Waals surface area contributed by atoms with Crippen molar-refractivity contribution in [2.24, 2.45) is 0 Å². The van der Waals surface area contributed by atoms with Crippen LogP contribution in [-0.2, 0) is 0 Å². The maximum atomic E-state index is 8.49. The lowest BCUT2D eigenvalue weighted by Gasteiger charge is -1.89. The average Bonchev–Trinajstić information content (AvgIpc) is 2.05. The molecule has 0 heterocycles. The second-order valence-corrected chi connectivity index (χ2v) is 1.86. The van der Waals surface area contributed by atoms with E-state index in [0.29, 0.717) is 11.3 Å². The van der Waals surface area contributed by atoms with E-state index in [-0.39, 0.29) is 12.4 Å². The van der Waals surface area contributed by atoms with Crippen molar-refractivity contribution in [3.8, 4) is 6.07 Å². The molecule has 0 spiro atoms. The summed E-state index contributed by atoms with van der Waals surface area (Å²) in [6.45, 7) is 0. The highest BCUT2D eigenvalue weighted by Gasteiger charge is 1.92. The Kier molecular flexibility index (Phi) is 4.23. The van der Waals surface area contributed by atoms with Gasteiger partial charge in [-0.05, 0) is 12.1 Å². The molecule has 11 heavy (non-hydrogen) atoms. The van der Waals surface area contributed by atoms with Crippen LogP contribution in [0.4, 0.5) is 5.69 Å². The van der Waals surface area contributed by atoms with Gasteiger partial charge in [0.05, 0.1) is 11.6 Å². The van der Waals surface area contributed by atoms with Crippen LogP contribution in [0.3, 0.4) is 0 Å². The Hall–Kier alpha value is -1.08. The van der Waals surface area contributed by atoms with Crippen molar-refractivity contribution in [1.82, 2.24) is 0 Å². The summed E-state index contributed by atoms with van der Waals surface area (Å²) in [5.41, 5.74) is 2.31. The van der Waals surface area contributed by atoms with Crippen molar-refractivity contribution in [3.63, 3.8) is 0 Å². The van der Waals surface area contributed by atoms with Crippen LogP contribution in [0.15, 0.2) is 24.3 Å². The van der Waals surface area contributed by atoms with Crippen LogP contribution in [0.25, 0.3) is 0 Å². The van der Waals surface area contributed by atoms with Gasteiger partial charge in [0, 0.05) is 12.1 Å².